The van der Waals surface area contributed by atoms with Crippen molar-refractivity contribution in [1.82, 2.24) is 26.0 Å². The Morgan fingerprint density at radius 2 is 1.82 bits per heavy atom. The Kier molecular flexibility index (Phi) is 5.55. The average Bonchev–Trinajstić information content (AvgIpc) is 2.67. The van der Waals surface area contributed by atoms with Gasteiger partial charge in [0.05, 0.1) is 17.1 Å². The predicted molar refractivity (Wildman–Crippen MR) is 102 cm³/mol. The summed E-state index contributed by atoms with van der Waals surface area (Å²) in [6.45, 7) is 3.64. The Balaban J connectivity index is 1.73. The summed E-state index contributed by atoms with van der Waals surface area (Å²) in [5.41, 5.74) is 4.18. The standard InChI is InChI=1S/C18H16ClN5O4/c1-9(2)28-18-13(19)7-10(8-20-18)15(25)22-24-17(27)14-11-5-3-4-6-12(11)16(26)23-21-14/h3-9H,1-2H3,(H,22,25)(H,23,26)(H,24,27). The highest BCUT2D eigenvalue weighted by atomic mass is 35.5. The molecule has 2 amide bonds. The Hall–Kier alpha value is -3.46. The number of halogens is 1. The molecular weight excluding hydrogens is 386 g/mol. The lowest BCUT2D eigenvalue weighted by molar-refractivity contribution is 0.0844. The first-order valence-corrected chi connectivity index (χ1v) is 8.65. The summed E-state index contributed by atoms with van der Waals surface area (Å²) < 4.78 is 5.40. The summed E-state index contributed by atoms with van der Waals surface area (Å²) >= 11 is 6.06. The largest absolute Gasteiger partial charge is 0.474 e. The van der Waals surface area contributed by atoms with Crippen LogP contribution < -0.4 is 21.1 Å². The minimum absolute atomic E-state index is 0.0349. The van der Waals surface area contributed by atoms with Crippen molar-refractivity contribution in [1.29, 1.82) is 0 Å². The monoisotopic (exact) mass is 401 g/mol. The molecule has 144 valence electrons. The maximum absolute atomic E-state index is 12.4. The average molecular weight is 402 g/mol. The highest BCUT2D eigenvalue weighted by Gasteiger charge is 2.16. The Bertz CT molecular complexity index is 1110. The van der Waals surface area contributed by atoms with Crippen LogP contribution in [0.2, 0.25) is 5.02 Å². The Labute approximate surface area is 164 Å². The summed E-state index contributed by atoms with van der Waals surface area (Å²) in [4.78, 5) is 40.4. The number of carbonyl (C=O) groups excluding carboxylic acids is 2. The van der Waals surface area contributed by atoms with Crippen molar-refractivity contribution in [2.24, 2.45) is 0 Å². The fourth-order valence-electron chi connectivity index (χ4n) is 2.39. The predicted octanol–water partition coefficient (Wildman–Crippen LogP) is 1.83. The van der Waals surface area contributed by atoms with E-state index in [4.69, 9.17) is 16.3 Å². The number of carbonyl (C=O) groups is 2. The number of amides is 2. The molecule has 28 heavy (non-hydrogen) atoms. The fourth-order valence-corrected chi connectivity index (χ4v) is 2.60. The minimum Gasteiger partial charge on any atom is -0.474 e. The van der Waals surface area contributed by atoms with Crippen LogP contribution in [0.1, 0.15) is 34.7 Å². The molecule has 3 N–H and O–H groups in total. The lowest BCUT2D eigenvalue weighted by atomic mass is 10.1. The minimum atomic E-state index is -0.695. The van der Waals surface area contributed by atoms with Gasteiger partial charge >= 0.3 is 0 Å². The van der Waals surface area contributed by atoms with E-state index in [1.54, 1.807) is 24.3 Å². The molecule has 3 rings (SSSR count). The quantitative estimate of drug-likeness (QED) is 0.572. The van der Waals surface area contributed by atoms with Crippen LogP contribution in [0.4, 0.5) is 0 Å². The lowest BCUT2D eigenvalue weighted by Crippen LogP contribution is -2.42. The van der Waals surface area contributed by atoms with Gasteiger partial charge in [0.15, 0.2) is 5.69 Å². The van der Waals surface area contributed by atoms with Gasteiger partial charge in [-0.25, -0.2) is 10.1 Å². The first-order chi connectivity index (χ1) is 13.4. The Morgan fingerprint density at radius 3 is 2.50 bits per heavy atom. The maximum atomic E-state index is 12.4. The molecule has 0 bridgehead atoms. The van der Waals surface area contributed by atoms with Gasteiger partial charge in [-0.05, 0) is 26.0 Å². The summed E-state index contributed by atoms with van der Waals surface area (Å²) in [6, 6.07) is 7.88. The van der Waals surface area contributed by atoms with Crippen molar-refractivity contribution >= 4 is 34.2 Å². The first-order valence-electron chi connectivity index (χ1n) is 8.27. The van der Waals surface area contributed by atoms with Crippen LogP contribution in [-0.2, 0) is 0 Å². The van der Waals surface area contributed by atoms with Gasteiger partial charge in [-0.1, -0.05) is 29.8 Å². The smallest absolute Gasteiger partial charge is 0.290 e. The number of hydrogen-bond acceptors (Lipinski definition) is 6. The first kappa shape index (κ1) is 19.3. The van der Waals surface area contributed by atoms with Gasteiger partial charge in [-0.3, -0.25) is 25.2 Å². The molecule has 0 aliphatic carbocycles. The molecule has 3 aromatic rings. The third kappa shape index (κ3) is 4.09. The van der Waals surface area contributed by atoms with Gasteiger partial charge in [-0.15, -0.1) is 0 Å². The molecule has 0 saturated heterocycles. The van der Waals surface area contributed by atoms with Crippen molar-refractivity contribution in [3.8, 4) is 5.88 Å². The number of ether oxygens (including phenoxy) is 1. The number of benzene rings is 1. The fraction of sp³-hybridized carbons (Fsp3) is 0.167. The van der Waals surface area contributed by atoms with Crippen molar-refractivity contribution in [3.05, 3.63) is 63.2 Å². The molecule has 9 nitrogen and oxygen atoms in total. The molecule has 2 aromatic heterocycles. The number of pyridine rings is 1. The van der Waals surface area contributed by atoms with Crippen molar-refractivity contribution in [2.75, 3.05) is 0 Å². The van der Waals surface area contributed by atoms with Crippen molar-refractivity contribution in [3.63, 3.8) is 0 Å². The molecule has 1 aromatic carbocycles. The van der Waals surface area contributed by atoms with Gasteiger partial charge in [0.25, 0.3) is 17.4 Å². The summed E-state index contributed by atoms with van der Waals surface area (Å²) in [6.07, 6.45) is 1.15. The second-order valence-corrected chi connectivity index (χ2v) is 6.44. The van der Waals surface area contributed by atoms with E-state index in [9.17, 15) is 14.4 Å². The van der Waals surface area contributed by atoms with Gasteiger partial charge < -0.3 is 4.74 Å². The molecule has 0 atom stereocenters. The number of rotatable bonds is 4. The third-order valence-corrected chi connectivity index (χ3v) is 3.89. The van der Waals surface area contributed by atoms with Crippen LogP contribution in [0.15, 0.2) is 41.3 Å². The molecule has 0 spiro atoms. The van der Waals surface area contributed by atoms with Crippen LogP contribution >= 0.6 is 11.6 Å². The molecule has 0 radical (unpaired) electrons. The SMILES string of the molecule is CC(C)Oc1ncc(C(=O)NNC(=O)c2n[nH]c(=O)c3ccccc23)cc1Cl. The normalized spacial score (nSPS) is 10.7. The molecule has 0 saturated carbocycles. The maximum Gasteiger partial charge on any atom is 0.290 e. The number of aromatic amines is 1. The molecule has 10 heteroatoms. The van der Waals surface area contributed by atoms with E-state index in [1.807, 2.05) is 13.8 Å². The topological polar surface area (TPSA) is 126 Å². The number of fused-ring (bicyclic) bond motifs is 1. The zero-order valence-electron chi connectivity index (χ0n) is 14.9. The summed E-state index contributed by atoms with van der Waals surface area (Å²) in [5.74, 6) is -1.12. The highest BCUT2D eigenvalue weighted by Crippen LogP contribution is 2.23. The van der Waals surface area contributed by atoms with Gasteiger partial charge in [-0.2, -0.15) is 5.10 Å². The molecule has 0 fully saturated rings. The van der Waals surface area contributed by atoms with E-state index >= 15 is 0 Å². The molecular formula is C18H16ClN5O4. The molecule has 2 heterocycles. The number of aromatic nitrogens is 3. The van der Waals surface area contributed by atoms with Crippen molar-refractivity contribution in [2.45, 2.75) is 20.0 Å². The second kappa shape index (κ2) is 8.05. The van der Waals surface area contributed by atoms with E-state index in [0.29, 0.717) is 10.8 Å². The number of hydrogen-bond donors (Lipinski definition) is 3. The molecule has 0 aliphatic rings. The number of H-pyrrole nitrogens is 1. The van der Waals surface area contributed by atoms with Crippen LogP contribution in [0.25, 0.3) is 10.8 Å². The van der Waals surface area contributed by atoms with Crippen LogP contribution in [-0.4, -0.2) is 33.1 Å². The Morgan fingerprint density at radius 1 is 1.14 bits per heavy atom. The van der Waals surface area contributed by atoms with Gasteiger partial charge in [0, 0.05) is 11.6 Å². The van der Waals surface area contributed by atoms with Gasteiger partial charge in [0.1, 0.15) is 5.02 Å². The van der Waals surface area contributed by atoms with Crippen LogP contribution in [0.5, 0.6) is 5.88 Å². The summed E-state index contributed by atoms with van der Waals surface area (Å²) in [5, 5.41) is 6.85. The van der Waals surface area contributed by atoms with E-state index < -0.39 is 17.4 Å². The zero-order valence-corrected chi connectivity index (χ0v) is 15.7. The van der Waals surface area contributed by atoms with Gasteiger partial charge in [0.2, 0.25) is 5.88 Å². The third-order valence-electron chi connectivity index (χ3n) is 3.62. The van der Waals surface area contributed by atoms with E-state index in [0.717, 1.165) is 0 Å². The zero-order chi connectivity index (χ0) is 20.3. The lowest BCUT2D eigenvalue weighted by Gasteiger charge is -2.11. The van der Waals surface area contributed by atoms with E-state index in [-0.39, 0.29) is 28.3 Å². The van der Waals surface area contributed by atoms with E-state index in [1.165, 1.54) is 12.3 Å². The van der Waals surface area contributed by atoms with Crippen molar-refractivity contribution < 1.29 is 14.3 Å². The van der Waals surface area contributed by atoms with E-state index in [2.05, 4.69) is 26.0 Å². The number of nitrogens with one attached hydrogen (secondary N) is 3. The van der Waals surface area contributed by atoms with Crippen LogP contribution in [0, 0.1) is 0 Å². The second-order valence-electron chi connectivity index (χ2n) is 6.03. The number of nitrogens with zero attached hydrogens (tertiary/aromatic N) is 2. The molecule has 0 aliphatic heterocycles. The molecule has 0 unspecified atom stereocenters. The number of hydrazine groups is 1. The summed E-state index contributed by atoms with van der Waals surface area (Å²) in [7, 11) is 0. The highest BCUT2D eigenvalue weighted by molar-refractivity contribution is 6.32. The van der Waals surface area contributed by atoms with Crippen LogP contribution in [0.3, 0.4) is 0 Å².